The second-order valence-electron chi connectivity index (χ2n) is 7.85. The number of ether oxygens (including phenoxy) is 1. The van der Waals surface area contributed by atoms with Gasteiger partial charge in [0.2, 0.25) is 6.41 Å². The molecule has 1 aliphatic rings. The van der Waals surface area contributed by atoms with Crippen molar-refractivity contribution in [2.45, 2.75) is 60.5 Å². The van der Waals surface area contributed by atoms with Crippen molar-refractivity contribution >= 4 is 24.0 Å². The molecule has 10 nitrogen and oxygen atoms in total. The van der Waals surface area contributed by atoms with E-state index in [4.69, 9.17) is 16.2 Å². The summed E-state index contributed by atoms with van der Waals surface area (Å²) in [6.45, 7) is 16.3. The lowest BCUT2D eigenvalue weighted by atomic mass is 9.94. The lowest BCUT2D eigenvalue weighted by molar-refractivity contribution is -0.268. The minimum absolute atomic E-state index is 0.256. The van der Waals surface area contributed by atoms with Gasteiger partial charge < -0.3 is 31.7 Å². The van der Waals surface area contributed by atoms with E-state index < -0.39 is 0 Å². The number of amides is 1. The highest BCUT2D eigenvalue weighted by molar-refractivity contribution is 5.85. The summed E-state index contributed by atoms with van der Waals surface area (Å²) in [5.41, 5.74) is 15.5. The Bertz CT molecular complexity index is 724. The minimum atomic E-state index is 0.256. The Morgan fingerprint density at radius 2 is 1.74 bits per heavy atom. The van der Waals surface area contributed by atoms with Crippen molar-refractivity contribution in [1.82, 2.24) is 10.2 Å². The zero-order chi connectivity index (χ0) is 29.8. The highest BCUT2D eigenvalue weighted by atomic mass is 17.2. The molecular formula is C28H55N5O5. The molecule has 1 heterocycles. The molecule has 6 N–H and O–H groups in total. The summed E-state index contributed by atoms with van der Waals surface area (Å²) in [5, 5.41) is 6.12. The maximum absolute atomic E-state index is 11.4. The fraction of sp³-hybridized carbons (Fsp3) is 0.643. The van der Waals surface area contributed by atoms with Gasteiger partial charge in [-0.25, -0.2) is 9.78 Å². The normalized spacial score (nSPS) is 11.7. The SMILES string of the molecule is CC.CC(C)Nc1cc(C2=CCN(C=O)CC2)cc(C=O)c1CN.CCOCCN.CCOOC.CNC. The Morgan fingerprint density at radius 3 is 2.05 bits per heavy atom. The van der Waals surface area contributed by atoms with Crippen LogP contribution in [0, 0.1) is 0 Å². The van der Waals surface area contributed by atoms with Crippen LogP contribution in [0.4, 0.5) is 5.69 Å². The van der Waals surface area contributed by atoms with E-state index in [1.807, 2.05) is 53.9 Å². The number of benzene rings is 1. The largest absolute Gasteiger partial charge is 0.383 e. The van der Waals surface area contributed by atoms with Gasteiger partial charge in [-0.3, -0.25) is 9.59 Å². The van der Waals surface area contributed by atoms with E-state index in [0.29, 0.717) is 45.0 Å². The van der Waals surface area contributed by atoms with Crippen molar-refractivity contribution < 1.29 is 24.1 Å². The summed E-state index contributed by atoms with van der Waals surface area (Å²) >= 11 is 0. The van der Waals surface area contributed by atoms with Crippen LogP contribution in [0.15, 0.2) is 18.2 Å². The zero-order valence-electron chi connectivity index (χ0n) is 25.3. The second kappa shape index (κ2) is 29.2. The smallest absolute Gasteiger partial charge is 0.209 e. The Balaban J connectivity index is -0.000000630. The maximum Gasteiger partial charge on any atom is 0.209 e. The summed E-state index contributed by atoms with van der Waals surface area (Å²) in [7, 11) is 5.24. The van der Waals surface area contributed by atoms with Crippen molar-refractivity contribution in [3.63, 3.8) is 0 Å². The standard InChI is InChI=1S/C17H23N3O2.C4H11NO.C3H8O2.C2H7N.C2H6/c1-12(2)19-17-8-14(7-15(10-21)16(17)9-18)13-3-5-20(11-22)6-4-13;1-2-6-4-3-5;1-3-5-4-2;1-3-2;1-2/h3,7-8,10-12,19H,4-6,9,18H2,1-2H3;2-5H2,1H3;3H2,1-2H3;3H,1-2H3;1-2H3. The first-order chi connectivity index (χ1) is 18.3. The van der Waals surface area contributed by atoms with Gasteiger partial charge in [-0.2, -0.15) is 0 Å². The van der Waals surface area contributed by atoms with Crippen molar-refractivity contribution in [2.24, 2.45) is 11.5 Å². The molecule has 0 unspecified atom stereocenters. The molecule has 0 aliphatic carbocycles. The van der Waals surface area contributed by atoms with Crippen molar-refractivity contribution in [3.8, 4) is 0 Å². The number of nitrogens with two attached hydrogens (primary N) is 2. The van der Waals surface area contributed by atoms with Gasteiger partial charge in [-0.05, 0) is 77.0 Å². The van der Waals surface area contributed by atoms with E-state index in [9.17, 15) is 9.59 Å². The van der Waals surface area contributed by atoms with E-state index in [1.165, 1.54) is 7.11 Å². The molecule has 1 aromatic carbocycles. The van der Waals surface area contributed by atoms with Crippen LogP contribution in [0.5, 0.6) is 0 Å². The van der Waals surface area contributed by atoms with Crippen LogP contribution in [0.3, 0.4) is 0 Å². The summed E-state index contributed by atoms with van der Waals surface area (Å²) in [5.74, 6) is 0. The maximum atomic E-state index is 11.4. The summed E-state index contributed by atoms with van der Waals surface area (Å²) in [6, 6.07) is 4.20. The van der Waals surface area contributed by atoms with Crippen LogP contribution in [0.2, 0.25) is 0 Å². The molecule has 0 radical (unpaired) electrons. The van der Waals surface area contributed by atoms with Crippen molar-refractivity contribution in [2.75, 3.05) is 66.0 Å². The molecule has 2 rings (SSSR count). The van der Waals surface area contributed by atoms with Crippen molar-refractivity contribution in [3.05, 3.63) is 34.9 Å². The first-order valence-electron chi connectivity index (χ1n) is 13.3. The number of hydrogen-bond acceptors (Lipinski definition) is 9. The van der Waals surface area contributed by atoms with E-state index in [1.54, 1.807) is 4.90 Å². The van der Waals surface area contributed by atoms with Gasteiger partial charge in [0, 0.05) is 50.1 Å². The van der Waals surface area contributed by atoms with Crippen LogP contribution >= 0.6 is 0 Å². The molecule has 0 bridgehead atoms. The lowest BCUT2D eigenvalue weighted by Gasteiger charge is -2.24. The Morgan fingerprint density at radius 1 is 1.11 bits per heavy atom. The number of carbonyl (C=O) groups is 2. The zero-order valence-corrected chi connectivity index (χ0v) is 25.3. The van der Waals surface area contributed by atoms with Crippen molar-refractivity contribution in [1.29, 1.82) is 0 Å². The molecule has 222 valence electrons. The van der Waals surface area contributed by atoms with E-state index >= 15 is 0 Å². The Kier molecular flexibility index (Phi) is 30.9. The first-order valence-corrected chi connectivity index (χ1v) is 13.3. The average Bonchev–Trinajstić information content (AvgIpc) is 2.94. The average molecular weight is 542 g/mol. The third kappa shape index (κ3) is 19.7. The number of aldehydes is 1. The molecule has 0 fully saturated rings. The van der Waals surface area contributed by atoms with Gasteiger partial charge in [-0.1, -0.05) is 19.9 Å². The van der Waals surface area contributed by atoms with Gasteiger partial charge in [-0.15, -0.1) is 0 Å². The number of rotatable bonds is 11. The molecule has 1 amide bonds. The second-order valence-corrected chi connectivity index (χ2v) is 7.85. The number of nitrogens with zero attached hydrogens (tertiary/aromatic N) is 1. The summed E-state index contributed by atoms with van der Waals surface area (Å²) in [4.78, 5) is 32.4. The predicted molar refractivity (Wildman–Crippen MR) is 159 cm³/mol. The summed E-state index contributed by atoms with van der Waals surface area (Å²) in [6.07, 6.45) is 4.56. The van der Waals surface area contributed by atoms with E-state index in [0.717, 1.165) is 48.1 Å². The van der Waals surface area contributed by atoms with E-state index in [-0.39, 0.29) is 6.04 Å². The fourth-order valence-electron chi connectivity index (χ4n) is 3.04. The monoisotopic (exact) mass is 541 g/mol. The van der Waals surface area contributed by atoms with Crippen LogP contribution in [-0.4, -0.2) is 84.3 Å². The molecule has 10 heteroatoms. The molecule has 0 saturated carbocycles. The first kappa shape index (κ1) is 40.2. The van der Waals surface area contributed by atoms with Crippen LogP contribution in [0.1, 0.15) is 69.4 Å². The minimum Gasteiger partial charge on any atom is -0.383 e. The molecule has 38 heavy (non-hydrogen) atoms. The number of anilines is 1. The molecule has 0 saturated heterocycles. The summed E-state index contributed by atoms with van der Waals surface area (Å²) < 4.78 is 4.86. The van der Waals surface area contributed by atoms with Crippen LogP contribution < -0.4 is 22.1 Å². The third-order valence-corrected chi connectivity index (χ3v) is 4.52. The van der Waals surface area contributed by atoms with Gasteiger partial charge in [0.1, 0.15) is 6.29 Å². The molecular weight excluding hydrogens is 486 g/mol. The number of hydrogen-bond donors (Lipinski definition) is 4. The van der Waals surface area contributed by atoms with E-state index in [2.05, 4.69) is 40.3 Å². The van der Waals surface area contributed by atoms with Gasteiger partial charge in [0.25, 0.3) is 0 Å². The highest BCUT2D eigenvalue weighted by Gasteiger charge is 2.15. The molecule has 1 aliphatic heterocycles. The van der Waals surface area contributed by atoms with Crippen LogP contribution in [0.25, 0.3) is 5.57 Å². The molecule has 0 spiro atoms. The fourth-order valence-corrected chi connectivity index (χ4v) is 3.04. The predicted octanol–water partition coefficient (Wildman–Crippen LogP) is 3.45. The van der Waals surface area contributed by atoms with Crippen LogP contribution in [-0.2, 0) is 25.9 Å². The Labute approximate surface area is 231 Å². The topological polar surface area (TPSA) is 141 Å². The third-order valence-electron chi connectivity index (χ3n) is 4.52. The lowest BCUT2D eigenvalue weighted by Crippen LogP contribution is -2.26. The highest BCUT2D eigenvalue weighted by Crippen LogP contribution is 2.29. The number of carbonyl (C=O) groups excluding carboxylic acids is 2. The molecule has 0 atom stereocenters. The number of nitrogens with one attached hydrogen (secondary N) is 2. The Hall–Kier alpha value is -2.34. The van der Waals surface area contributed by atoms with Gasteiger partial charge >= 0.3 is 0 Å². The molecule has 0 aromatic heterocycles. The quantitative estimate of drug-likeness (QED) is 0.143. The van der Waals surface area contributed by atoms with Gasteiger partial charge in [0.05, 0.1) is 20.3 Å². The van der Waals surface area contributed by atoms with Gasteiger partial charge in [0.15, 0.2) is 0 Å². The molecule has 1 aromatic rings.